The number of benzene rings is 3. The number of nitrogens with zero attached hydrogens (tertiary/aromatic N) is 3. The Morgan fingerprint density at radius 3 is 2.61 bits per heavy atom. The van der Waals surface area contributed by atoms with Crippen molar-refractivity contribution in [2.75, 3.05) is 11.5 Å². The predicted molar refractivity (Wildman–Crippen MR) is 159 cm³/mol. The van der Waals surface area contributed by atoms with E-state index in [1.807, 2.05) is 0 Å². The molecule has 1 saturated heterocycles. The fraction of sp³-hybridized carbons (Fsp3) is 0.200. The molecule has 2 heterocycles. The molecule has 1 aliphatic heterocycles. The summed E-state index contributed by atoms with van der Waals surface area (Å²) in [7, 11) is 0. The summed E-state index contributed by atoms with van der Waals surface area (Å²) in [5, 5.41) is 20.3. The topological polar surface area (TPSA) is 92.6 Å². The number of carbonyl (C=O) groups excluding carboxylic acids is 2. The van der Waals surface area contributed by atoms with E-state index >= 15 is 0 Å². The van der Waals surface area contributed by atoms with Crippen LogP contribution in [0.1, 0.15) is 42.5 Å². The van der Waals surface area contributed by atoms with E-state index in [1.54, 1.807) is 66.7 Å². The number of Topliss-reactive ketones (excluding diaryl/α,β-unsaturated/α-hetero) is 1. The van der Waals surface area contributed by atoms with Crippen LogP contribution in [0.25, 0.3) is 5.76 Å². The number of amides is 1. The highest BCUT2D eigenvalue weighted by Crippen LogP contribution is 2.44. The average Bonchev–Trinajstić information content (AvgIpc) is 3.54. The number of thioether (sulfide) groups is 1. The Bertz CT molecular complexity index is 1610. The van der Waals surface area contributed by atoms with Crippen LogP contribution in [0.15, 0.2) is 82.7 Å². The molecule has 1 atom stereocenters. The van der Waals surface area contributed by atoms with Crippen molar-refractivity contribution in [3.63, 3.8) is 0 Å². The minimum absolute atomic E-state index is 0.0901. The van der Waals surface area contributed by atoms with E-state index in [-0.39, 0.29) is 22.3 Å². The molecule has 7 nitrogen and oxygen atoms in total. The van der Waals surface area contributed by atoms with Crippen molar-refractivity contribution >= 4 is 57.3 Å². The van der Waals surface area contributed by atoms with Crippen LogP contribution in [0, 0.1) is 5.82 Å². The van der Waals surface area contributed by atoms with Gasteiger partial charge < -0.3 is 9.84 Å². The molecular weight excluding hydrogens is 585 g/mol. The summed E-state index contributed by atoms with van der Waals surface area (Å²) >= 11 is 8.65. The van der Waals surface area contributed by atoms with E-state index in [0.29, 0.717) is 44.2 Å². The third-order valence-electron chi connectivity index (χ3n) is 6.41. The average molecular weight is 610 g/mol. The number of carbonyl (C=O) groups is 2. The smallest absolute Gasteiger partial charge is 0.301 e. The number of aliphatic hydroxyl groups excluding tert-OH is 1. The van der Waals surface area contributed by atoms with E-state index in [2.05, 4.69) is 17.1 Å². The molecule has 3 aromatic carbocycles. The van der Waals surface area contributed by atoms with Crippen LogP contribution in [0.4, 0.5) is 9.52 Å². The first kappa shape index (κ1) is 28.8. The summed E-state index contributed by atoms with van der Waals surface area (Å²) in [6, 6.07) is 18.9. The third-order valence-corrected chi connectivity index (χ3v) is 8.75. The predicted octanol–water partition coefficient (Wildman–Crippen LogP) is 7.43. The Hall–Kier alpha value is -3.73. The van der Waals surface area contributed by atoms with Gasteiger partial charge in [-0.25, -0.2) is 4.39 Å². The number of rotatable bonds is 10. The molecule has 0 saturated carbocycles. The molecule has 1 N–H and O–H groups in total. The quantitative estimate of drug-likeness (QED) is 0.0499. The van der Waals surface area contributed by atoms with Gasteiger partial charge in [-0.3, -0.25) is 14.5 Å². The molecule has 1 unspecified atom stereocenters. The van der Waals surface area contributed by atoms with Crippen LogP contribution in [0.3, 0.4) is 0 Å². The van der Waals surface area contributed by atoms with Gasteiger partial charge in [-0.2, -0.15) is 0 Å². The van der Waals surface area contributed by atoms with E-state index in [0.717, 1.165) is 24.2 Å². The summed E-state index contributed by atoms with van der Waals surface area (Å²) in [6.07, 6.45) is 1.92. The lowest BCUT2D eigenvalue weighted by molar-refractivity contribution is -0.132. The van der Waals surface area contributed by atoms with E-state index < -0.39 is 17.7 Å². The Labute approximate surface area is 249 Å². The molecule has 1 amide bonds. The number of ketones is 1. The maximum absolute atomic E-state index is 14.1. The summed E-state index contributed by atoms with van der Waals surface area (Å²) in [5.41, 5.74) is 1.30. The molecule has 41 heavy (non-hydrogen) atoms. The first-order chi connectivity index (χ1) is 19.9. The van der Waals surface area contributed by atoms with Gasteiger partial charge in [0.1, 0.15) is 17.3 Å². The van der Waals surface area contributed by atoms with Crippen molar-refractivity contribution in [2.24, 2.45) is 0 Å². The van der Waals surface area contributed by atoms with Crippen LogP contribution >= 0.6 is 34.7 Å². The summed E-state index contributed by atoms with van der Waals surface area (Å²) in [6.45, 7) is 2.65. The number of hydrogen-bond acceptors (Lipinski definition) is 8. The van der Waals surface area contributed by atoms with Crippen molar-refractivity contribution in [1.82, 2.24) is 10.2 Å². The van der Waals surface area contributed by atoms with Crippen molar-refractivity contribution in [3.05, 3.63) is 106 Å². The lowest BCUT2D eigenvalue weighted by Crippen LogP contribution is -2.29. The number of hydrogen-bond donors (Lipinski definition) is 1. The second kappa shape index (κ2) is 12.8. The highest BCUT2D eigenvalue weighted by Gasteiger charge is 2.48. The number of anilines is 1. The molecule has 0 bridgehead atoms. The van der Waals surface area contributed by atoms with Crippen molar-refractivity contribution in [3.8, 4) is 5.75 Å². The van der Waals surface area contributed by atoms with E-state index in [9.17, 15) is 19.1 Å². The van der Waals surface area contributed by atoms with Crippen molar-refractivity contribution in [2.45, 2.75) is 35.9 Å². The number of aromatic nitrogens is 2. The molecule has 1 fully saturated rings. The summed E-state index contributed by atoms with van der Waals surface area (Å²) in [4.78, 5) is 28.1. The Morgan fingerprint density at radius 2 is 1.88 bits per heavy atom. The molecule has 1 aromatic heterocycles. The largest absolute Gasteiger partial charge is 0.507 e. The standard InChI is InChI=1S/C30H25ClFN3O4S2/c1-2-3-15-39-22-13-11-18(12-14-22)26(36)24-25(19-8-6-9-21(31)16-19)35(28(38)27(24)37)29-33-34-30(41-29)40-17-20-7-4-5-10-23(20)32/h4-14,16,25,36H,2-3,15,17H2,1H3/b26-24-. The number of halogens is 2. The fourth-order valence-electron chi connectivity index (χ4n) is 4.33. The lowest BCUT2D eigenvalue weighted by atomic mass is 9.95. The highest BCUT2D eigenvalue weighted by atomic mass is 35.5. The minimum atomic E-state index is -0.994. The first-order valence-corrected chi connectivity index (χ1v) is 15.0. The third kappa shape index (κ3) is 6.29. The van der Waals surface area contributed by atoms with Gasteiger partial charge >= 0.3 is 5.91 Å². The molecule has 210 valence electrons. The summed E-state index contributed by atoms with van der Waals surface area (Å²) in [5.74, 6) is -1.40. The van der Waals surface area contributed by atoms with E-state index in [1.165, 1.54) is 22.7 Å². The molecular formula is C30H25ClFN3O4S2. The van der Waals surface area contributed by atoms with Crippen molar-refractivity contribution in [1.29, 1.82) is 0 Å². The van der Waals surface area contributed by atoms with Crippen LogP contribution in [0.2, 0.25) is 5.02 Å². The molecule has 0 radical (unpaired) electrons. The number of unbranched alkanes of at least 4 members (excludes halogenated alkanes) is 1. The minimum Gasteiger partial charge on any atom is -0.507 e. The van der Waals surface area contributed by atoms with Crippen LogP contribution in [-0.2, 0) is 15.3 Å². The molecule has 5 rings (SSSR count). The van der Waals surface area contributed by atoms with Gasteiger partial charge in [0, 0.05) is 16.3 Å². The second-order valence-corrected chi connectivity index (χ2v) is 11.8. The Balaban J connectivity index is 1.49. The van der Waals surface area contributed by atoms with Gasteiger partial charge in [-0.1, -0.05) is 78.4 Å². The van der Waals surface area contributed by atoms with Gasteiger partial charge in [0.05, 0.1) is 18.2 Å². The lowest BCUT2D eigenvalue weighted by Gasteiger charge is -2.22. The highest BCUT2D eigenvalue weighted by molar-refractivity contribution is 8.00. The van der Waals surface area contributed by atoms with Crippen LogP contribution < -0.4 is 9.64 Å². The van der Waals surface area contributed by atoms with Crippen molar-refractivity contribution < 1.29 is 23.8 Å². The van der Waals surface area contributed by atoms with Crippen LogP contribution in [0.5, 0.6) is 5.75 Å². The van der Waals surface area contributed by atoms with Gasteiger partial charge in [0.2, 0.25) is 5.13 Å². The van der Waals surface area contributed by atoms with Gasteiger partial charge in [-0.15, -0.1) is 10.2 Å². The van der Waals surface area contributed by atoms with Gasteiger partial charge in [-0.05, 0) is 60.0 Å². The Morgan fingerprint density at radius 1 is 1.10 bits per heavy atom. The maximum Gasteiger partial charge on any atom is 0.301 e. The van der Waals surface area contributed by atoms with Gasteiger partial charge in [0.15, 0.2) is 4.34 Å². The fourth-order valence-corrected chi connectivity index (χ4v) is 6.39. The molecule has 0 spiro atoms. The molecule has 11 heteroatoms. The number of aliphatic hydroxyl groups is 1. The molecule has 4 aromatic rings. The van der Waals surface area contributed by atoms with E-state index in [4.69, 9.17) is 16.3 Å². The summed E-state index contributed by atoms with van der Waals surface area (Å²) < 4.78 is 20.3. The maximum atomic E-state index is 14.1. The zero-order valence-electron chi connectivity index (χ0n) is 21.9. The zero-order valence-corrected chi connectivity index (χ0v) is 24.3. The SMILES string of the molecule is CCCCOc1ccc(/C(O)=C2/C(=O)C(=O)N(c3nnc(SCc4ccccc4F)s3)C2c2cccc(Cl)c2)cc1. The normalized spacial score (nSPS) is 16.4. The monoisotopic (exact) mass is 609 g/mol. The Kier molecular flexibility index (Phi) is 9.02. The first-order valence-electron chi connectivity index (χ1n) is 12.9. The molecule has 1 aliphatic rings. The van der Waals surface area contributed by atoms with Gasteiger partial charge in [0.25, 0.3) is 5.78 Å². The molecule has 0 aliphatic carbocycles. The number of ether oxygens (including phenoxy) is 1. The van der Waals surface area contributed by atoms with Crippen LogP contribution in [-0.4, -0.2) is 33.6 Å². The zero-order chi connectivity index (χ0) is 28.9. The second-order valence-electron chi connectivity index (χ2n) is 9.18.